The van der Waals surface area contributed by atoms with Crippen molar-refractivity contribution in [2.45, 2.75) is 5.92 Å². The van der Waals surface area contributed by atoms with Crippen LogP contribution < -0.4 is 0 Å². The molecule has 0 heterocycles. The van der Waals surface area contributed by atoms with Crippen molar-refractivity contribution in [1.29, 1.82) is 31.7 Å². The first-order chi connectivity index (χ1) is 11.0. The summed E-state index contributed by atoms with van der Waals surface area (Å²) >= 11 is 3.29. The van der Waals surface area contributed by atoms with Crippen LogP contribution in [0.4, 0.5) is 0 Å². The molecule has 1 aliphatic rings. The number of nitriles is 5. The predicted octanol–water partition coefficient (Wildman–Crippen LogP) is 2.77. The maximum absolute atomic E-state index is 9.64. The van der Waals surface area contributed by atoms with E-state index in [2.05, 4.69) is 15.9 Å². The molecule has 108 valence electrons. The molecule has 0 amide bonds. The van der Waals surface area contributed by atoms with Crippen molar-refractivity contribution in [3.8, 4) is 30.3 Å². The number of hydrogen-bond donors (Lipinski definition) is 1. The zero-order valence-corrected chi connectivity index (χ0v) is 13.2. The van der Waals surface area contributed by atoms with Gasteiger partial charge in [-0.25, -0.2) is 0 Å². The van der Waals surface area contributed by atoms with E-state index in [0.717, 1.165) is 0 Å². The Kier molecular flexibility index (Phi) is 3.91. The summed E-state index contributed by atoms with van der Waals surface area (Å²) in [4.78, 5) is 0. The maximum Gasteiger partial charge on any atom is 0.177 e. The zero-order valence-electron chi connectivity index (χ0n) is 11.6. The lowest BCUT2D eigenvalue weighted by molar-refractivity contribution is 0.726. The largest absolute Gasteiger partial charge is 0.305 e. The summed E-state index contributed by atoms with van der Waals surface area (Å²) < 4.78 is 0.696. The number of nitrogens with zero attached hydrogens (tertiary/aromatic N) is 5. The SMILES string of the molecule is N#CC(C#N)C(=N)[C@@]1(C#N)[C@H](c2cccc(Br)c2)C1(C#N)C#N. The van der Waals surface area contributed by atoms with Gasteiger partial charge in [-0.15, -0.1) is 0 Å². The molecule has 1 fully saturated rings. The van der Waals surface area contributed by atoms with E-state index >= 15 is 0 Å². The lowest BCUT2D eigenvalue weighted by atomic mass is 9.84. The quantitative estimate of drug-likeness (QED) is 0.821. The van der Waals surface area contributed by atoms with Gasteiger partial charge in [0.05, 0.1) is 36.1 Å². The summed E-state index contributed by atoms with van der Waals surface area (Å²) in [6.07, 6.45) is 0. The van der Waals surface area contributed by atoms with Gasteiger partial charge in [0, 0.05) is 10.4 Å². The highest BCUT2D eigenvalue weighted by Crippen LogP contribution is 2.74. The molecule has 1 saturated carbocycles. The first kappa shape index (κ1) is 16.2. The number of benzene rings is 1. The van der Waals surface area contributed by atoms with E-state index in [9.17, 15) is 15.8 Å². The third kappa shape index (κ3) is 1.91. The van der Waals surface area contributed by atoms with Crippen molar-refractivity contribution in [3.05, 3.63) is 34.3 Å². The minimum atomic E-state index is -1.80. The van der Waals surface area contributed by atoms with Gasteiger partial charge >= 0.3 is 0 Å². The minimum Gasteiger partial charge on any atom is -0.305 e. The third-order valence-electron chi connectivity index (χ3n) is 4.09. The van der Waals surface area contributed by atoms with E-state index in [4.69, 9.17) is 15.9 Å². The van der Waals surface area contributed by atoms with Crippen molar-refractivity contribution in [2.75, 3.05) is 0 Å². The van der Waals surface area contributed by atoms with Gasteiger partial charge in [-0.05, 0) is 17.7 Å². The molecule has 0 unspecified atom stereocenters. The van der Waals surface area contributed by atoms with E-state index in [-0.39, 0.29) is 0 Å². The third-order valence-corrected chi connectivity index (χ3v) is 4.58. The van der Waals surface area contributed by atoms with Crippen LogP contribution in [0.2, 0.25) is 0 Å². The number of rotatable bonds is 3. The van der Waals surface area contributed by atoms with E-state index < -0.39 is 28.4 Å². The summed E-state index contributed by atoms with van der Waals surface area (Å²) in [6.45, 7) is 0. The van der Waals surface area contributed by atoms with Crippen LogP contribution in [0.3, 0.4) is 0 Å². The topological polar surface area (TPSA) is 143 Å². The molecule has 2 rings (SSSR count). The fraction of sp³-hybridized carbons (Fsp3) is 0.250. The standard InChI is InChI=1S/C16H7BrN6/c17-12-3-1-2-10(4-12)13-15(7-20,8-21)16(13,9-22)14(23)11(5-18)6-19/h1-4,11,13,23H/t13-,16-/m1/s1. The van der Waals surface area contributed by atoms with Crippen LogP contribution in [0.25, 0.3) is 0 Å². The second-order valence-corrected chi connectivity index (χ2v) is 5.96. The molecule has 1 aromatic rings. The summed E-state index contributed by atoms with van der Waals surface area (Å²) in [6, 6.07) is 15.6. The van der Waals surface area contributed by atoms with Crippen LogP contribution in [-0.2, 0) is 0 Å². The molecule has 1 aromatic carbocycles. The van der Waals surface area contributed by atoms with Gasteiger partial charge in [0.1, 0.15) is 5.41 Å². The fourth-order valence-corrected chi connectivity index (χ4v) is 3.37. The van der Waals surface area contributed by atoms with E-state index in [1.807, 2.05) is 18.2 Å². The number of nitrogens with one attached hydrogen (secondary N) is 1. The van der Waals surface area contributed by atoms with Crippen LogP contribution in [0.5, 0.6) is 0 Å². The molecule has 0 bridgehead atoms. The Hall–Kier alpha value is -3.18. The van der Waals surface area contributed by atoms with Gasteiger partial charge in [-0.1, -0.05) is 28.1 Å². The monoisotopic (exact) mass is 362 g/mol. The molecular weight excluding hydrogens is 356 g/mol. The zero-order chi connectivity index (χ0) is 17.3. The molecule has 0 aromatic heterocycles. The van der Waals surface area contributed by atoms with Crippen LogP contribution in [0, 0.1) is 78.8 Å². The van der Waals surface area contributed by atoms with Gasteiger partial charge in [-0.2, -0.15) is 26.3 Å². The molecule has 7 heteroatoms. The maximum atomic E-state index is 9.64. The molecule has 23 heavy (non-hydrogen) atoms. The molecule has 0 saturated heterocycles. The molecule has 0 aliphatic heterocycles. The molecule has 6 nitrogen and oxygen atoms in total. The van der Waals surface area contributed by atoms with E-state index in [0.29, 0.717) is 10.0 Å². The number of halogens is 1. The Morgan fingerprint density at radius 1 is 1.09 bits per heavy atom. The van der Waals surface area contributed by atoms with Gasteiger partial charge < -0.3 is 5.41 Å². The van der Waals surface area contributed by atoms with Crippen molar-refractivity contribution >= 4 is 21.6 Å². The van der Waals surface area contributed by atoms with Crippen molar-refractivity contribution in [3.63, 3.8) is 0 Å². The second-order valence-electron chi connectivity index (χ2n) is 5.04. The Labute approximate surface area is 141 Å². The van der Waals surface area contributed by atoms with Gasteiger partial charge in [0.25, 0.3) is 0 Å². The Bertz CT molecular complexity index is 873. The first-order valence-corrected chi connectivity index (χ1v) is 7.15. The van der Waals surface area contributed by atoms with Gasteiger partial charge in [0.15, 0.2) is 11.3 Å². The highest BCUT2D eigenvalue weighted by Gasteiger charge is 2.83. The molecule has 1 aliphatic carbocycles. The first-order valence-electron chi connectivity index (χ1n) is 6.36. The normalized spacial score (nSPS) is 23.4. The van der Waals surface area contributed by atoms with Crippen molar-refractivity contribution in [1.82, 2.24) is 0 Å². The molecule has 1 N–H and O–H groups in total. The minimum absolute atomic E-state index is 0.502. The lowest BCUT2D eigenvalue weighted by Crippen LogP contribution is -2.26. The highest BCUT2D eigenvalue weighted by molar-refractivity contribution is 9.10. The average Bonchev–Trinajstić information content (AvgIpc) is 3.19. The summed E-state index contributed by atoms with van der Waals surface area (Å²) in [7, 11) is 0. The Morgan fingerprint density at radius 3 is 2.13 bits per heavy atom. The van der Waals surface area contributed by atoms with Crippen LogP contribution in [-0.4, -0.2) is 5.71 Å². The second kappa shape index (κ2) is 5.55. The van der Waals surface area contributed by atoms with Crippen molar-refractivity contribution in [2.24, 2.45) is 16.7 Å². The van der Waals surface area contributed by atoms with E-state index in [1.165, 1.54) is 0 Å². The van der Waals surface area contributed by atoms with E-state index in [1.54, 1.807) is 36.4 Å². The van der Waals surface area contributed by atoms with Crippen LogP contribution >= 0.6 is 15.9 Å². The summed E-state index contributed by atoms with van der Waals surface area (Å²) in [5, 5.41) is 54.8. The fourth-order valence-electron chi connectivity index (χ4n) is 2.96. The molecule has 2 atom stereocenters. The van der Waals surface area contributed by atoms with Crippen molar-refractivity contribution < 1.29 is 0 Å². The van der Waals surface area contributed by atoms with Gasteiger partial charge in [0.2, 0.25) is 0 Å². The van der Waals surface area contributed by atoms with Crippen LogP contribution in [0.15, 0.2) is 28.7 Å². The number of hydrogen-bond acceptors (Lipinski definition) is 6. The van der Waals surface area contributed by atoms with Crippen LogP contribution in [0.1, 0.15) is 11.5 Å². The predicted molar refractivity (Wildman–Crippen MR) is 81.0 cm³/mol. The Morgan fingerprint density at radius 2 is 1.70 bits per heavy atom. The summed E-state index contributed by atoms with van der Waals surface area (Å²) in [5.41, 5.74) is -3.56. The smallest absolute Gasteiger partial charge is 0.177 e. The van der Waals surface area contributed by atoms with Gasteiger partial charge in [-0.3, -0.25) is 0 Å². The summed E-state index contributed by atoms with van der Waals surface area (Å²) in [5.74, 6) is -2.36. The molecule has 0 radical (unpaired) electrons. The molecule has 0 spiro atoms. The average molecular weight is 363 g/mol. The highest BCUT2D eigenvalue weighted by atomic mass is 79.9. The Balaban J connectivity index is 2.69. The molecular formula is C16H7BrN6. The lowest BCUT2D eigenvalue weighted by Gasteiger charge is -2.11.